The molecule has 0 spiro atoms. The summed E-state index contributed by atoms with van der Waals surface area (Å²) >= 11 is 1.65. The number of hydrogen-bond donors (Lipinski definition) is 1. The normalized spacial score (nSPS) is 11.2. The first kappa shape index (κ1) is 20.0. The van der Waals surface area contributed by atoms with E-state index in [0.29, 0.717) is 12.2 Å². The lowest BCUT2D eigenvalue weighted by Crippen LogP contribution is -2.20. The average molecular weight is 447 g/mol. The molecule has 4 aromatic heterocycles. The summed E-state index contributed by atoms with van der Waals surface area (Å²) in [5.41, 5.74) is 3.39. The van der Waals surface area contributed by atoms with Gasteiger partial charge in [0.25, 0.3) is 0 Å². The number of pyridine rings is 1. The fraction of sp³-hybridized carbons (Fsp3) is 0.136. The lowest BCUT2D eigenvalue weighted by Gasteiger charge is -2.04. The standard InChI is InChI=1S/C22H18FN7OS/c1-14-20-17(18-3-2-10-32-18)8-9-24-21(20)30(27-14)12-19(31)26-22-25-13-29(28-22)11-15-4-6-16(23)7-5-15/h2-10,13H,11-12H2,1H3,(H,26,28,31). The third kappa shape index (κ3) is 4.00. The number of thiophene rings is 1. The van der Waals surface area contributed by atoms with Crippen LogP contribution in [0.2, 0.25) is 0 Å². The Hall–Kier alpha value is -3.92. The van der Waals surface area contributed by atoms with Crippen molar-refractivity contribution >= 4 is 34.2 Å². The van der Waals surface area contributed by atoms with E-state index in [4.69, 9.17) is 0 Å². The molecule has 8 nitrogen and oxygen atoms in total. The van der Waals surface area contributed by atoms with Gasteiger partial charge in [-0.15, -0.1) is 16.4 Å². The first-order valence-corrected chi connectivity index (χ1v) is 10.7. The Morgan fingerprint density at radius 1 is 1.12 bits per heavy atom. The molecule has 0 atom stereocenters. The number of carbonyl (C=O) groups is 1. The van der Waals surface area contributed by atoms with Gasteiger partial charge in [0.1, 0.15) is 18.7 Å². The van der Waals surface area contributed by atoms with Crippen LogP contribution < -0.4 is 5.32 Å². The van der Waals surface area contributed by atoms with E-state index in [9.17, 15) is 9.18 Å². The molecule has 0 fully saturated rings. The molecular formula is C22H18FN7OS. The van der Waals surface area contributed by atoms with Crippen molar-refractivity contribution in [2.24, 2.45) is 0 Å². The van der Waals surface area contributed by atoms with Crippen LogP contribution in [-0.4, -0.2) is 35.4 Å². The SMILES string of the molecule is Cc1nn(CC(=O)Nc2ncn(Cc3ccc(F)cc3)n2)c2nccc(-c3cccs3)c12. The van der Waals surface area contributed by atoms with E-state index in [-0.39, 0.29) is 24.2 Å². The molecule has 4 heterocycles. The van der Waals surface area contributed by atoms with Crippen LogP contribution in [0.25, 0.3) is 21.5 Å². The van der Waals surface area contributed by atoms with Gasteiger partial charge in [0.05, 0.1) is 17.6 Å². The highest BCUT2D eigenvalue weighted by atomic mass is 32.1. The maximum absolute atomic E-state index is 13.1. The molecule has 0 saturated heterocycles. The number of nitrogens with one attached hydrogen (secondary N) is 1. The van der Waals surface area contributed by atoms with Gasteiger partial charge in [-0.05, 0) is 42.1 Å². The summed E-state index contributed by atoms with van der Waals surface area (Å²) < 4.78 is 16.2. The van der Waals surface area contributed by atoms with Crippen molar-refractivity contribution in [2.75, 3.05) is 5.32 Å². The van der Waals surface area contributed by atoms with E-state index >= 15 is 0 Å². The quantitative estimate of drug-likeness (QED) is 0.427. The molecule has 1 N–H and O–H groups in total. The Morgan fingerprint density at radius 2 is 1.97 bits per heavy atom. The van der Waals surface area contributed by atoms with Gasteiger partial charge in [0.2, 0.25) is 11.9 Å². The van der Waals surface area contributed by atoms with Crippen molar-refractivity contribution in [3.05, 3.63) is 77.4 Å². The lowest BCUT2D eigenvalue weighted by molar-refractivity contribution is -0.116. The third-order valence-electron chi connectivity index (χ3n) is 4.93. The van der Waals surface area contributed by atoms with Crippen LogP contribution in [0.3, 0.4) is 0 Å². The highest BCUT2D eigenvalue weighted by molar-refractivity contribution is 7.13. The van der Waals surface area contributed by atoms with Crippen molar-refractivity contribution in [3.63, 3.8) is 0 Å². The molecular weight excluding hydrogens is 429 g/mol. The summed E-state index contributed by atoms with van der Waals surface area (Å²) in [5.74, 6) is -0.409. The van der Waals surface area contributed by atoms with Gasteiger partial charge in [0, 0.05) is 16.6 Å². The Kier molecular flexibility index (Phi) is 5.20. The number of aromatic nitrogens is 6. The fourth-order valence-corrected chi connectivity index (χ4v) is 4.29. The van der Waals surface area contributed by atoms with Gasteiger partial charge in [-0.1, -0.05) is 18.2 Å². The van der Waals surface area contributed by atoms with Gasteiger partial charge in [-0.2, -0.15) is 5.10 Å². The van der Waals surface area contributed by atoms with E-state index in [1.165, 1.54) is 18.5 Å². The summed E-state index contributed by atoms with van der Waals surface area (Å²) in [6.45, 7) is 2.31. The topological polar surface area (TPSA) is 90.5 Å². The van der Waals surface area contributed by atoms with Gasteiger partial charge < -0.3 is 0 Å². The van der Waals surface area contributed by atoms with Gasteiger partial charge in [0.15, 0.2) is 5.65 Å². The lowest BCUT2D eigenvalue weighted by atomic mass is 10.1. The van der Waals surface area contributed by atoms with Crippen LogP contribution in [0.5, 0.6) is 0 Å². The second kappa shape index (κ2) is 8.31. The first-order chi connectivity index (χ1) is 15.6. The molecule has 0 bridgehead atoms. The number of benzene rings is 1. The van der Waals surface area contributed by atoms with Crippen LogP contribution in [0.15, 0.2) is 60.4 Å². The third-order valence-corrected chi connectivity index (χ3v) is 5.84. The van der Waals surface area contributed by atoms with Crippen molar-refractivity contribution in [1.82, 2.24) is 29.5 Å². The molecule has 0 unspecified atom stereocenters. The molecule has 5 rings (SSSR count). The molecule has 10 heteroatoms. The minimum absolute atomic E-state index is 0.0161. The second-order valence-corrected chi connectivity index (χ2v) is 8.17. The zero-order valence-electron chi connectivity index (χ0n) is 17.1. The number of anilines is 1. The number of hydrogen-bond acceptors (Lipinski definition) is 6. The largest absolute Gasteiger partial charge is 0.292 e. The van der Waals surface area contributed by atoms with Crippen molar-refractivity contribution in [1.29, 1.82) is 0 Å². The molecule has 0 radical (unpaired) electrons. The van der Waals surface area contributed by atoms with E-state index < -0.39 is 0 Å². The smallest absolute Gasteiger partial charge is 0.248 e. The fourth-order valence-electron chi connectivity index (χ4n) is 3.53. The van der Waals surface area contributed by atoms with Crippen LogP contribution in [0.1, 0.15) is 11.3 Å². The molecule has 0 aliphatic rings. The number of aryl methyl sites for hydroxylation is 1. The van der Waals surface area contributed by atoms with Gasteiger partial charge in [-0.3, -0.25) is 10.1 Å². The van der Waals surface area contributed by atoms with Crippen LogP contribution in [-0.2, 0) is 17.9 Å². The Labute approximate surface area is 186 Å². The molecule has 5 aromatic rings. The summed E-state index contributed by atoms with van der Waals surface area (Å²) in [5, 5.41) is 14.4. The maximum atomic E-state index is 13.1. The van der Waals surface area contributed by atoms with E-state index in [0.717, 1.165) is 27.1 Å². The molecule has 0 saturated carbocycles. The number of carbonyl (C=O) groups excluding carboxylic acids is 1. The van der Waals surface area contributed by atoms with Crippen molar-refractivity contribution in [3.8, 4) is 10.4 Å². The van der Waals surface area contributed by atoms with Crippen molar-refractivity contribution < 1.29 is 9.18 Å². The second-order valence-electron chi connectivity index (χ2n) is 7.22. The monoisotopic (exact) mass is 447 g/mol. The number of nitrogens with zero attached hydrogens (tertiary/aromatic N) is 6. The highest BCUT2D eigenvalue weighted by Gasteiger charge is 2.17. The highest BCUT2D eigenvalue weighted by Crippen LogP contribution is 2.32. The molecule has 1 aromatic carbocycles. The predicted molar refractivity (Wildman–Crippen MR) is 120 cm³/mol. The summed E-state index contributed by atoms with van der Waals surface area (Å²) in [6.07, 6.45) is 3.24. The summed E-state index contributed by atoms with van der Waals surface area (Å²) in [4.78, 5) is 22.3. The maximum Gasteiger partial charge on any atom is 0.248 e. The van der Waals surface area contributed by atoms with Crippen LogP contribution in [0.4, 0.5) is 10.3 Å². The molecule has 0 aliphatic heterocycles. The van der Waals surface area contributed by atoms with E-state index in [1.54, 1.807) is 39.0 Å². The number of halogens is 1. The zero-order valence-corrected chi connectivity index (χ0v) is 17.9. The first-order valence-electron chi connectivity index (χ1n) is 9.86. The summed E-state index contributed by atoms with van der Waals surface area (Å²) in [7, 11) is 0. The van der Waals surface area contributed by atoms with Gasteiger partial charge >= 0.3 is 0 Å². The average Bonchev–Trinajstić information content (AvgIpc) is 3.52. The number of rotatable bonds is 6. The zero-order chi connectivity index (χ0) is 22.1. The van der Waals surface area contributed by atoms with E-state index in [1.807, 2.05) is 24.4 Å². The van der Waals surface area contributed by atoms with Crippen molar-refractivity contribution in [2.45, 2.75) is 20.0 Å². The summed E-state index contributed by atoms with van der Waals surface area (Å²) in [6, 6.07) is 12.2. The molecule has 1 amide bonds. The van der Waals surface area contributed by atoms with Crippen LogP contribution in [0, 0.1) is 12.7 Å². The number of fused-ring (bicyclic) bond motifs is 1. The van der Waals surface area contributed by atoms with E-state index in [2.05, 4.69) is 31.5 Å². The Bertz CT molecular complexity index is 1390. The van der Waals surface area contributed by atoms with Gasteiger partial charge in [-0.25, -0.2) is 23.7 Å². The minimum atomic E-state index is -0.308. The number of amides is 1. The molecule has 32 heavy (non-hydrogen) atoms. The Morgan fingerprint density at radius 3 is 2.75 bits per heavy atom. The molecule has 0 aliphatic carbocycles. The predicted octanol–water partition coefficient (Wildman–Crippen LogP) is 3.89. The Balaban J connectivity index is 1.31. The minimum Gasteiger partial charge on any atom is -0.292 e. The molecule has 160 valence electrons. The van der Waals surface area contributed by atoms with Crippen LogP contribution >= 0.6 is 11.3 Å².